The number of hydrogen-bond acceptors (Lipinski definition) is 5. The van der Waals surface area contributed by atoms with Crippen LogP contribution in [0.2, 0.25) is 0 Å². The normalized spacial score (nSPS) is 15.8. The number of benzene rings is 2. The van der Waals surface area contributed by atoms with Gasteiger partial charge in [-0.3, -0.25) is 9.59 Å². The molecule has 1 amide bonds. The number of carbonyl (C=O) groups excluding carboxylic acids is 1. The van der Waals surface area contributed by atoms with Gasteiger partial charge in [-0.05, 0) is 75.3 Å². The summed E-state index contributed by atoms with van der Waals surface area (Å²) in [5.41, 5.74) is 3.57. The van der Waals surface area contributed by atoms with Crippen LogP contribution in [0.4, 0.5) is 0 Å². The third-order valence-electron chi connectivity index (χ3n) is 5.84. The van der Waals surface area contributed by atoms with E-state index < -0.39 is 6.04 Å². The molecule has 6 heteroatoms. The van der Waals surface area contributed by atoms with Gasteiger partial charge in [0.2, 0.25) is 5.76 Å². The zero-order valence-corrected chi connectivity index (χ0v) is 20.0. The van der Waals surface area contributed by atoms with Gasteiger partial charge < -0.3 is 14.1 Å². The maximum atomic E-state index is 13.7. The number of ether oxygens (including phenoxy) is 1. The second-order valence-electron chi connectivity index (χ2n) is 8.58. The molecule has 0 N–H and O–H groups in total. The Morgan fingerprint density at radius 2 is 1.84 bits per heavy atom. The van der Waals surface area contributed by atoms with Crippen LogP contribution in [0.1, 0.15) is 59.1 Å². The van der Waals surface area contributed by atoms with Crippen molar-refractivity contribution >= 4 is 28.6 Å². The van der Waals surface area contributed by atoms with Gasteiger partial charge in [-0.2, -0.15) is 0 Å². The van der Waals surface area contributed by atoms with Crippen molar-refractivity contribution in [2.75, 3.05) is 19.4 Å². The molecule has 5 nitrogen and oxygen atoms in total. The fourth-order valence-electron chi connectivity index (χ4n) is 4.43. The van der Waals surface area contributed by atoms with E-state index >= 15 is 0 Å². The summed E-state index contributed by atoms with van der Waals surface area (Å²) in [5.74, 6) is -0.0714. The Kier molecular flexibility index (Phi) is 6.45. The van der Waals surface area contributed by atoms with Crippen LogP contribution >= 0.6 is 11.8 Å². The Hall–Kier alpha value is -2.57. The van der Waals surface area contributed by atoms with Gasteiger partial charge in [-0.1, -0.05) is 18.2 Å². The molecule has 1 atom stereocenters. The molecular weight excluding hydrogens is 422 g/mol. The lowest BCUT2D eigenvalue weighted by atomic mass is 9.97. The van der Waals surface area contributed by atoms with Crippen molar-refractivity contribution in [2.45, 2.75) is 51.2 Å². The minimum Gasteiger partial charge on any atom is -0.450 e. The first-order valence-electron chi connectivity index (χ1n) is 11.0. The number of hydrogen-bond donors (Lipinski definition) is 0. The first-order chi connectivity index (χ1) is 15.3. The number of amides is 1. The van der Waals surface area contributed by atoms with E-state index in [0.29, 0.717) is 36.1 Å². The van der Waals surface area contributed by atoms with Crippen molar-refractivity contribution < 1.29 is 13.9 Å². The maximum absolute atomic E-state index is 13.7. The molecule has 1 aliphatic rings. The number of carbonyl (C=O) groups is 1. The Labute approximate surface area is 192 Å². The quantitative estimate of drug-likeness (QED) is 0.351. The smallest absolute Gasteiger partial charge is 0.290 e. The highest BCUT2D eigenvalue weighted by molar-refractivity contribution is 7.98. The largest absolute Gasteiger partial charge is 0.450 e. The Morgan fingerprint density at radius 3 is 2.50 bits per heavy atom. The molecule has 3 aromatic rings. The highest BCUT2D eigenvalue weighted by Gasteiger charge is 2.42. The maximum Gasteiger partial charge on any atom is 0.290 e. The zero-order valence-electron chi connectivity index (χ0n) is 19.2. The van der Waals surface area contributed by atoms with Crippen LogP contribution in [0.5, 0.6) is 0 Å². The molecule has 168 valence electrons. The lowest BCUT2D eigenvalue weighted by molar-refractivity contribution is 0.0593. The van der Waals surface area contributed by atoms with Crippen LogP contribution in [-0.2, 0) is 4.74 Å². The zero-order chi connectivity index (χ0) is 23.0. The minimum atomic E-state index is -0.464. The summed E-state index contributed by atoms with van der Waals surface area (Å²) in [4.78, 5) is 30.0. The van der Waals surface area contributed by atoms with Gasteiger partial charge in [-0.25, -0.2) is 0 Å². The molecule has 1 aliphatic heterocycles. The van der Waals surface area contributed by atoms with Crippen LogP contribution in [-0.4, -0.2) is 36.3 Å². The van der Waals surface area contributed by atoms with E-state index in [2.05, 4.69) is 0 Å². The Morgan fingerprint density at radius 1 is 1.12 bits per heavy atom. The van der Waals surface area contributed by atoms with E-state index in [4.69, 9.17) is 9.15 Å². The molecule has 0 bridgehead atoms. The molecule has 0 saturated carbocycles. The summed E-state index contributed by atoms with van der Waals surface area (Å²) < 4.78 is 11.8. The summed E-state index contributed by atoms with van der Waals surface area (Å²) in [5, 5.41) is 0.554. The molecular formula is C26H29NO4S. The van der Waals surface area contributed by atoms with Crippen LogP contribution in [0, 0.1) is 13.8 Å². The molecule has 0 saturated heterocycles. The molecule has 0 fully saturated rings. The second kappa shape index (κ2) is 9.12. The van der Waals surface area contributed by atoms with Crippen LogP contribution in [0.3, 0.4) is 0 Å². The predicted molar refractivity (Wildman–Crippen MR) is 129 cm³/mol. The lowest BCUT2D eigenvalue weighted by Gasteiger charge is -2.25. The third-order valence-corrected chi connectivity index (χ3v) is 6.58. The van der Waals surface area contributed by atoms with Crippen molar-refractivity contribution in [3.63, 3.8) is 0 Å². The van der Waals surface area contributed by atoms with Crippen molar-refractivity contribution in [1.29, 1.82) is 0 Å². The van der Waals surface area contributed by atoms with Gasteiger partial charge in [0.05, 0.1) is 23.1 Å². The summed E-state index contributed by atoms with van der Waals surface area (Å²) in [6.45, 7) is 8.89. The fourth-order valence-corrected chi connectivity index (χ4v) is 4.84. The Bertz CT molecular complexity index is 1210. The molecule has 2 aromatic carbocycles. The first-order valence-corrected chi connectivity index (χ1v) is 12.2. The third kappa shape index (κ3) is 4.09. The molecule has 1 aromatic heterocycles. The summed E-state index contributed by atoms with van der Waals surface area (Å²) in [6, 6.07) is 11.4. The highest BCUT2D eigenvalue weighted by atomic mass is 32.2. The average molecular weight is 452 g/mol. The van der Waals surface area contributed by atoms with Crippen LogP contribution in [0.25, 0.3) is 11.0 Å². The number of thioether (sulfide) groups is 1. The van der Waals surface area contributed by atoms with Gasteiger partial charge in [0.15, 0.2) is 5.43 Å². The second-order valence-corrected chi connectivity index (χ2v) is 9.46. The summed E-state index contributed by atoms with van der Waals surface area (Å²) in [6.07, 6.45) is 2.84. The molecule has 2 heterocycles. The van der Waals surface area contributed by atoms with E-state index in [1.807, 2.05) is 70.3 Å². The van der Waals surface area contributed by atoms with Crippen molar-refractivity contribution in [3.05, 3.63) is 74.6 Å². The van der Waals surface area contributed by atoms with Crippen LogP contribution < -0.4 is 5.43 Å². The number of fused-ring (bicyclic) bond motifs is 2. The van der Waals surface area contributed by atoms with E-state index in [1.54, 1.807) is 16.7 Å². The molecule has 4 rings (SSSR count). The topological polar surface area (TPSA) is 59.8 Å². The number of nitrogens with zero attached hydrogens (tertiary/aromatic N) is 1. The van der Waals surface area contributed by atoms with Crippen molar-refractivity contribution in [1.82, 2.24) is 4.90 Å². The van der Waals surface area contributed by atoms with Gasteiger partial charge in [0.1, 0.15) is 5.58 Å². The van der Waals surface area contributed by atoms with Gasteiger partial charge in [0.25, 0.3) is 5.91 Å². The SMILES string of the molecule is CSc1ccc(C2c3c(oc4cc(C)cc(C)c4c3=O)C(=O)N2CCCOC(C)C)cc1. The van der Waals surface area contributed by atoms with E-state index in [9.17, 15) is 9.59 Å². The van der Waals surface area contributed by atoms with Crippen LogP contribution in [0.15, 0.2) is 50.5 Å². The van der Waals surface area contributed by atoms with E-state index in [1.165, 1.54) is 0 Å². The minimum absolute atomic E-state index is 0.119. The fraction of sp³-hybridized carbons (Fsp3) is 0.385. The molecule has 32 heavy (non-hydrogen) atoms. The van der Waals surface area contributed by atoms with Gasteiger partial charge >= 0.3 is 0 Å². The first kappa shape index (κ1) is 22.6. The summed E-state index contributed by atoms with van der Waals surface area (Å²) >= 11 is 1.66. The van der Waals surface area contributed by atoms with Gasteiger partial charge in [0, 0.05) is 18.0 Å². The standard InChI is InChI=1S/C26H29NO4S/c1-15(2)30-12-6-11-27-23(18-7-9-19(32-5)10-8-18)22-24(28)21-17(4)13-16(3)14-20(21)31-25(22)26(27)29/h7-10,13-15,23H,6,11-12H2,1-5H3. The predicted octanol–water partition coefficient (Wildman–Crippen LogP) is 5.49. The number of rotatable bonds is 7. The van der Waals surface area contributed by atoms with E-state index in [0.717, 1.165) is 21.6 Å². The van der Waals surface area contributed by atoms with E-state index in [-0.39, 0.29) is 23.2 Å². The monoisotopic (exact) mass is 451 g/mol. The highest BCUT2D eigenvalue weighted by Crippen LogP contribution is 2.39. The molecule has 1 unspecified atom stereocenters. The average Bonchev–Trinajstić information content (AvgIpc) is 3.02. The number of aryl methyl sites for hydroxylation is 2. The molecule has 0 radical (unpaired) electrons. The lowest BCUT2D eigenvalue weighted by Crippen LogP contribution is -2.31. The summed E-state index contributed by atoms with van der Waals surface area (Å²) in [7, 11) is 0. The molecule has 0 spiro atoms. The van der Waals surface area contributed by atoms with Crippen molar-refractivity contribution in [2.24, 2.45) is 0 Å². The Balaban J connectivity index is 1.84. The molecule has 0 aliphatic carbocycles. The van der Waals surface area contributed by atoms with Crippen molar-refractivity contribution in [3.8, 4) is 0 Å². The van der Waals surface area contributed by atoms with Gasteiger partial charge in [-0.15, -0.1) is 11.8 Å².